The smallest absolute Gasteiger partial charge is 0.0701 e. The summed E-state index contributed by atoms with van der Waals surface area (Å²) in [4.78, 5) is 2.06. The van der Waals surface area contributed by atoms with E-state index in [1.807, 2.05) is 11.3 Å². The molecule has 2 rings (SSSR count). The van der Waals surface area contributed by atoms with Crippen molar-refractivity contribution < 1.29 is 0 Å². The minimum absolute atomic E-state index is 0.589. The van der Waals surface area contributed by atoms with Crippen LogP contribution in [0.15, 0.2) is 15.9 Å². The van der Waals surface area contributed by atoms with E-state index in [1.165, 1.54) is 34.3 Å². The highest BCUT2D eigenvalue weighted by Gasteiger charge is 2.24. The predicted octanol–water partition coefficient (Wildman–Crippen LogP) is 5.14. The van der Waals surface area contributed by atoms with Crippen LogP contribution in [0.1, 0.15) is 35.4 Å². The van der Waals surface area contributed by atoms with Gasteiger partial charge < -0.3 is 0 Å². The van der Waals surface area contributed by atoms with Gasteiger partial charge in [-0.1, -0.05) is 28.8 Å². The molecule has 13 heavy (non-hydrogen) atoms. The molecule has 0 bridgehead atoms. The zero-order valence-electron chi connectivity index (χ0n) is 7.30. The number of hydrogen-bond acceptors (Lipinski definition) is 1. The van der Waals surface area contributed by atoms with Crippen molar-refractivity contribution in [3.05, 3.63) is 20.8 Å². The lowest BCUT2D eigenvalue weighted by Gasteiger charge is -2.14. The summed E-state index contributed by atoms with van der Waals surface area (Å²) < 4.78 is 1.24. The van der Waals surface area contributed by atoms with Gasteiger partial charge >= 0.3 is 0 Å². The first-order valence-electron chi connectivity index (χ1n) is 4.66. The van der Waals surface area contributed by atoms with Gasteiger partial charge in [-0.2, -0.15) is 0 Å². The molecular formula is C10H12Br2S. The number of alkyl halides is 1. The summed E-state index contributed by atoms with van der Waals surface area (Å²) in [6.07, 6.45) is 5.62. The summed E-state index contributed by atoms with van der Waals surface area (Å²) in [5.74, 6) is 0.866. The second-order valence-electron chi connectivity index (χ2n) is 3.59. The zero-order valence-corrected chi connectivity index (χ0v) is 11.3. The molecule has 1 aromatic heterocycles. The van der Waals surface area contributed by atoms with Crippen molar-refractivity contribution >= 4 is 43.2 Å². The zero-order chi connectivity index (χ0) is 9.26. The molecule has 0 saturated heterocycles. The summed E-state index contributed by atoms with van der Waals surface area (Å²) in [6, 6.07) is 4.37. The highest BCUT2D eigenvalue weighted by Crippen LogP contribution is 2.43. The lowest BCUT2D eigenvalue weighted by molar-refractivity contribution is 0.546. The molecule has 0 aromatic carbocycles. The van der Waals surface area contributed by atoms with Crippen molar-refractivity contribution in [3.63, 3.8) is 0 Å². The Balaban J connectivity index is 2.07. The normalized spacial score (nSPS) is 20.8. The van der Waals surface area contributed by atoms with Gasteiger partial charge in [0.25, 0.3) is 0 Å². The maximum atomic E-state index is 3.82. The summed E-state index contributed by atoms with van der Waals surface area (Å²) in [6.45, 7) is 0. The second-order valence-corrected chi connectivity index (χ2v) is 7.07. The van der Waals surface area contributed by atoms with Crippen LogP contribution in [0.5, 0.6) is 0 Å². The molecule has 1 atom stereocenters. The van der Waals surface area contributed by atoms with Crippen LogP contribution in [-0.4, -0.2) is 0 Å². The molecule has 1 heterocycles. The van der Waals surface area contributed by atoms with E-state index < -0.39 is 0 Å². The van der Waals surface area contributed by atoms with Crippen LogP contribution in [0.25, 0.3) is 0 Å². The number of halogens is 2. The van der Waals surface area contributed by atoms with Crippen LogP contribution in [0, 0.1) is 5.92 Å². The first-order chi connectivity index (χ1) is 6.27. The van der Waals surface area contributed by atoms with Crippen LogP contribution in [0.4, 0.5) is 0 Å². The Kier molecular flexibility index (Phi) is 3.49. The molecule has 3 heteroatoms. The van der Waals surface area contributed by atoms with Crippen LogP contribution in [0.2, 0.25) is 0 Å². The summed E-state index contributed by atoms with van der Waals surface area (Å²) in [5.41, 5.74) is 0. The van der Waals surface area contributed by atoms with E-state index in [-0.39, 0.29) is 0 Å². The maximum Gasteiger partial charge on any atom is 0.0701 e. The van der Waals surface area contributed by atoms with Crippen molar-refractivity contribution in [3.8, 4) is 0 Å². The summed E-state index contributed by atoms with van der Waals surface area (Å²) >= 11 is 9.17. The first kappa shape index (κ1) is 10.2. The summed E-state index contributed by atoms with van der Waals surface area (Å²) in [5, 5.41) is 0. The van der Waals surface area contributed by atoms with Crippen LogP contribution >= 0.6 is 43.2 Å². The van der Waals surface area contributed by atoms with Crippen molar-refractivity contribution in [2.45, 2.75) is 30.5 Å². The molecule has 0 spiro atoms. The minimum Gasteiger partial charge on any atom is -0.132 e. The minimum atomic E-state index is 0.589. The average molecular weight is 324 g/mol. The standard InChI is InChI=1S/C10H12Br2S/c11-9-6-5-8(13-9)10(12)7-3-1-2-4-7/h5-7,10H,1-4H2. The quantitative estimate of drug-likeness (QED) is 0.661. The largest absolute Gasteiger partial charge is 0.132 e. The van der Waals surface area contributed by atoms with Gasteiger partial charge in [0.05, 0.1) is 8.61 Å². The molecule has 1 saturated carbocycles. The predicted molar refractivity (Wildman–Crippen MR) is 65.6 cm³/mol. The maximum absolute atomic E-state index is 3.82. The molecule has 1 aromatic rings. The molecule has 0 amide bonds. The van der Waals surface area contributed by atoms with E-state index in [0.717, 1.165) is 5.92 Å². The van der Waals surface area contributed by atoms with Crippen LogP contribution < -0.4 is 0 Å². The molecule has 0 nitrogen and oxygen atoms in total. The lowest BCUT2D eigenvalue weighted by atomic mass is 10.0. The number of hydrogen-bond donors (Lipinski definition) is 0. The highest BCUT2D eigenvalue weighted by atomic mass is 79.9. The highest BCUT2D eigenvalue weighted by molar-refractivity contribution is 9.11. The van der Waals surface area contributed by atoms with E-state index in [1.54, 1.807) is 0 Å². The van der Waals surface area contributed by atoms with E-state index in [0.29, 0.717) is 4.83 Å². The van der Waals surface area contributed by atoms with Gasteiger partial charge in [-0.3, -0.25) is 0 Å². The topological polar surface area (TPSA) is 0 Å². The Morgan fingerprint density at radius 3 is 2.54 bits per heavy atom. The molecule has 1 unspecified atom stereocenters. The Morgan fingerprint density at radius 1 is 1.31 bits per heavy atom. The van der Waals surface area contributed by atoms with Gasteiger partial charge in [0.1, 0.15) is 0 Å². The van der Waals surface area contributed by atoms with E-state index in [2.05, 4.69) is 44.0 Å². The van der Waals surface area contributed by atoms with Gasteiger partial charge in [0.15, 0.2) is 0 Å². The van der Waals surface area contributed by atoms with Gasteiger partial charge in [0.2, 0.25) is 0 Å². The van der Waals surface area contributed by atoms with Crippen molar-refractivity contribution in [2.24, 2.45) is 5.92 Å². The molecular weight excluding hydrogens is 312 g/mol. The van der Waals surface area contributed by atoms with E-state index in [9.17, 15) is 0 Å². The fourth-order valence-electron chi connectivity index (χ4n) is 1.96. The molecule has 1 aliphatic rings. The molecule has 72 valence electrons. The fourth-order valence-corrected chi connectivity index (χ4v) is 4.42. The first-order valence-corrected chi connectivity index (χ1v) is 7.19. The third kappa shape index (κ3) is 2.37. The Morgan fingerprint density at radius 2 is 2.00 bits per heavy atom. The molecule has 0 N–H and O–H groups in total. The van der Waals surface area contributed by atoms with Crippen molar-refractivity contribution in [1.82, 2.24) is 0 Å². The third-order valence-electron chi connectivity index (χ3n) is 2.68. The third-order valence-corrected chi connectivity index (χ3v) is 5.93. The van der Waals surface area contributed by atoms with E-state index >= 15 is 0 Å². The Bertz CT molecular complexity index is 276. The van der Waals surface area contributed by atoms with Gasteiger partial charge in [-0.25, -0.2) is 0 Å². The molecule has 0 radical (unpaired) electrons. The summed E-state index contributed by atoms with van der Waals surface area (Å²) in [7, 11) is 0. The lowest BCUT2D eigenvalue weighted by Crippen LogP contribution is -2.00. The molecule has 1 fully saturated rings. The van der Waals surface area contributed by atoms with Gasteiger partial charge in [-0.05, 0) is 46.8 Å². The van der Waals surface area contributed by atoms with Crippen LogP contribution in [0.3, 0.4) is 0 Å². The Hall–Kier alpha value is 0.660. The Labute approximate surface area is 100.0 Å². The monoisotopic (exact) mass is 322 g/mol. The van der Waals surface area contributed by atoms with Crippen molar-refractivity contribution in [1.29, 1.82) is 0 Å². The van der Waals surface area contributed by atoms with Crippen LogP contribution in [-0.2, 0) is 0 Å². The number of thiophene rings is 1. The SMILES string of the molecule is Brc1ccc(C(Br)C2CCCC2)s1. The number of rotatable bonds is 2. The van der Waals surface area contributed by atoms with Gasteiger partial charge in [-0.15, -0.1) is 11.3 Å². The average Bonchev–Trinajstić information content (AvgIpc) is 2.72. The van der Waals surface area contributed by atoms with Crippen molar-refractivity contribution in [2.75, 3.05) is 0 Å². The fraction of sp³-hybridized carbons (Fsp3) is 0.600. The van der Waals surface area contributed by atoms with E-state index in [4.69, 9.17) is 0 Å². The van der Waals surface area contributed by atoms with Gasteiger partial charge in [0, 0.05) is 4.88 Å². The second kappa shape index (κ2) is 4.45. The molecule has 0 aliphatic heterocycles. The molecule has 1 aliphatic carbocycles.